The summed E-state index contributed by atoms with van der Waals surface area (Å²) < 4.78 is 39.9. The van der Waals surface area contributed by atoms with Gasteiger partial charge in [0, 0.05) is 18.3 Å². The molecule has 0 spiro atoms. The molecule has 0 radical (unpaired) electrons. The minimum absolute atomic E-state index is 0.0108. The molecule has 0 fully saturated rings. The Morgan fingerprint density at radius 3 is 2.18 bits per heavy atom. The van der Waals surface area contributed by atoms with Crippen molar-refractivity contribution in [3.05, 3.63) is 89.0 Å². The number of nitrogens with one attached hydrogen (secondary N) is 2. The average molecular weight is 628 g/mol. The van der Waals surface area contributed by atoms with Crippen LogP contribution < -0.4 is 21.5 Å². The van der Waals surface area contributed by atoms with Crippen LogP contribution in [0.1, 0.15) is 36.1 Å². The Morgan fingerprint density at radius 1 is 1.02 bits per heavy atom. The smallest absolute Gasteiger partial charge is 0.406 e. The minimum Gasteiger partial charge on any atom is -0.406 e. The normalized spacial score (nSPS) is 12.1. The number of benzene rings is 3. The highest BCUT2D eigenvalue weighted by atomic mass is 32.2. The third kappa shape index (κ3) is 13.6. The van der Waals surface area contributed by atoms with Gasteiger partial charge in [-0.3, -0.25) is 4.79 Å². The van der Waals surface area contributed by atoms with Crippen molar-refractivity contribution in [2.45, 2.75) is 34.1 Å². The first kappa shape index (κ1) is 35.5. The Hall–Kier alpha value is -4.65. The summed E-state index contributed by atoms with van der Waals surface area (Å²) in [4.78, 5) is 23.9. The molecule has 44 heavy (non-hydrogen) atoms. The van der Waals surface area contributed by atoms with E-state index in [-0.39, 0.29) is 17.5 Å². The van der Waals surface area contributed by atoms with Gasteiger partial charge in [-0.05, 0) is 60.7 Å². The van der Waals surface area contributed by atoms with Gasteiger partial charge in [-0.15, -0.1) is 13.2 Å². The van der Waals surface area contributed by atoms with Crippen LogP contribution in [0, 0.1) is 25.2 Å². The Bertz CT molecular complexity index is 1450. The van der Waals surface area contributed by atoms with Crippen LogP contribution in [0.5, 0.6) is 5.75 Å². The van der Waals surface area contributed by atoms with Crippen molar-refractivity contribution >= 4 is 52.6 Å². The van der Waals surface area contributed by atoms with Crippen LogP contribution in [0.3, 0.4) is 0 Å². The van der Waals surface area contributed by atoms with Gasteiger partial charge >= 0.3 is 6.36 Å². The van der Waals surface area contributed by atoms with Gasteiger partial charge in [0.1, 0.15) is 17.9 Å². The summed E-state index contributed by atoms with van der Waals surface area (Å²) in [6.07, 6.45) is -2.30. The van der Waals surface area contributed by atoms with Crippen LogP contribution in [0.2, 0.25) is 0 Å². The van der Waals surface area contributed by atoms with E-state index in [1.54, 1.807) is 24.3 Å². The van der Waals surface area contributed by atoms with E-state index in [1.807, 2.05) is 32.0 Å². The molecule has 0 unspecified atom stereocenters. The van der Waals surface area contributed by atoms with Crippen molar-refractivity contribution < 1.29 is 22.7 Å². The van der Waals surface area contributed by atoms with Crippen LogP contribution in [0.15, 0.2) is 81.7 Å². The van der Waals surface area contributed by atoms with E-state index in [0.717, 1.165) is 34.5 Å². The van der Waals surface area contributed by atoms with Gasteiger partial charge in [0.05, 0.1) is 17.1 Å². The highest BCUT2D eigenvalue weighted by Crippen LogP contribution is 2.25. The molecule has 0 bridgehead atoms. The molecule has 0 aromatic heterocycles. The fraction of sp³-hybridized carbons (Fsp3) is 0.258. The number of amidine groups is 2. The fourth-order valence-electron chi connectivity index (χ4n) is 3.35. The van der Waals surface area contributed by atoms with Gasteiger partial charge < -0.3 is 26.9 Å². The lowest BCUT2D eigenvalue weighted by atomic mass is 10.1. The quantitative estimate of drug-likeness (QED) is 0.151. The molecule has 0 atom stereocenters. The summed E-state index contributed by atoms with van der Waals surface area (Å²) >= 11 is 1.26. The number of ether oxygens (including phenoxy) is 1. The summed E-state index contributed by atoms with van der Waals surface area (Å²) in [5, 5.41) is 10.4. The van der Waals surface area contributed by atoms with E-state index in [1.165, 1.54) is 36.4 Å². The first-order chi connectivity index (χ1) is 20.8. The second-order valence-corrected chi connectivity index (χ2v) is 10.7. The van der Waals surface area contributed by atoms with Gasteiger partial charge in [-0.2, -0.15) is 0 Å². The van der Waals surface area contributed by atoms with Crippen LogP contribution in [-0.2, 0) is 4.79 Å². The topological polar surface area (TPSA) is 151 Å². The highest BCUT2D eigenvalue weighted by molar-refractivity contribution is 8.14. The molecule has 3 aromatic rings. The Balaban J connectivity index is 0.000000312. The molecule has 234 valence electrons. The van der Waals surface area contributed by atoms with Crippen molar-refractivity contribution in [1.29, 1.82) is 5.41 Å². The van der Waals surface area contributed by atoms with E-state index in [0.29, 0.717) is 34.6 Å². The van der Waals surface area contributed by atoms with Gasteiger partial charge in [-0.1, -0.05) is 68.1 Å². The Morgan fingerprint density at radius 2 is 1.64 bits per heavy atom. The number of para-hydroxylation sites is 1. The summed E-state index contributed by atoms with van der Waals surface area (Å²) in [5.41, 5.74) is 16.5. The molecule has 6 N–H and O–H groups in total. The van der Waals surface area contributed by atoms with E-state index in [2.05, 4.69) is 38.9 Å². The molecule has 0 aliphatic carbocycles. The minimum atomic E-state index is -4.73. The third-order valence-electron chi connectivity index (χ3n) is 5.57. The number of aliphatic imine (C=N–C) groups is 3. The third-order valence-corrected chi connectivity index (χ3v) is 6.36. The molecular formula is C31H36F3N7O2S. The van der Waals surface area contributed by atoms with Gasteiger partial charge in [0.15, 0.2) is 5.17 Å². The van der Waals surface area contributed by atoms with Crippen LogP contribution >= 0.6 is 11.8 Å². The molecule has 3 aromatic carbocycles. The summed E-state index contributed by atoms with van der Waals surface area (Å²) in [6.45, 7) is 8.81. The number of amides is 1. The maximum Gasteiger partial charge on any atom is 0.573 e. The lowest BCUT2D eigenvalue weighted by Crippen LogP contribution is -2.29. The molecule has 9 nitrogen and oxygen atoms in total. The number of hydrogen-bond donors (Lipinski definition) is 4. The first-order valence-corrected chi connectivity index (χ1v) is 14.4. The number of halogens is 3. The number of rotatable bonds is 10. The summed E-state index contributed by atoms with van der Waals surface area (Å²) in [6, 6.07) is 17.9. The van der Waals surface area contributed by atoms with Crippen molar-refractivity contribution in [1.82, 2.24) is 5.32 Å². The van der Waals surface area contributed by atoms with Crippen molar-refractivity contribution in [2.75, 3.05) is 12.3 Å². The molecule has 1 amide bonds. The number of thioether (sulfide) groups is 1. The number of carbonyl (C=O) groups is 1. The van der Waals surface area contributed by atoms with E-state index < -0.39 is 6.36 Å². The molecule has 13 heteroatoms. The predicted octanol–water partition coefficient (Wildman–Crippen LogP) is 6.40. The van der Waals surface area contributed by atoms with Crippen molar-refractivity contribution in [3.8, 4) is 5.75 Å². The Kier molecular flexibility index (Phi) is 14.1. The number of hydrogen-bond acceptors (Lipinski definition) is 6. The molecule has 0 saturated heterocycles. The zero-order valence-electron chi connectivity index (χ0n) is 24.9. The zero-order valence-corrected chi connectivity index (χ0v) is 25.7. The van der Waals surface area contributed by atoms with Crippen molar-refractivity contribution in [3.63, 3.8) is 0 Å². The molecular weight excluding hydrogens is 591 g/mol. The zero-order chi connectivity index (χ0) is 32.7. The standard InChI is InChI=1S/C16H13F3N4O.C15H23N3OS/c17-16(18,19)24-14-7-5-13(6-8-14)22-10-23-15(21)12-3-1-11(9-20)2-4-12;1-10(2)8-17-13(19)9-20-15(16)18-14-11(3)6-5-7-12(14)4/h1-10,20H,(H2,21,22,23);5-7,10H,8-9H2,1-4H3,(H2,16,18)(H,17,19). The lowest BCUT2D eigenvalue weighted by Gasteiger charge is -2.08. The highest BCUT2D eigenvalue weighted by Gasteiger charge is 2.30. The number of nitrogens with two attached hydrogens (primary N) is 2. The SMILES string of the molecule is Cc1cccc(C)c1N=C(N)SCC(=O)NCC(C)C.N=Cc1ccc(C(N)=NC=Nc2ccc(OC(F)(F)F)cc2)cc1. The van der Waals surface area contributed by atoms with Crippen LogP contribution in [0.25, 0.3) is 0 Å². The second kappa shape index (κ2) is 17.5. The second-order valence-electron chi connectivity index (χ2n) is 9.74. The van der Waals surface area contributed by atoms with E-state index in [4.69, 9.17) is 16.9 Å². The number of nitrogens with zero attached hydrogens (tertiary/aromatic N) is 3. The number of carbonyl (C=O) groups excluding carboxylic acids is 1. The maximum atomic E-state index is 12.0. The molecule has 0 saturated carbocycles. The number of aryl methyl sites for hydroxylation is 2. The molecule has 0 aliphatic rings. The van der Waals surface area contributed by atoms with Gasteiger partial charge in [0.25, 0.3) is 0 Å². The first-order valence-electron chi connectivity index (χ1n) is 13.4. The van der Waals surface area contributed by atoms with E-state index >= 15 is 0 Å². The van der Waals surface area contributed by atoms with Gasteiger partial charge in [0.2, 0.25) is 5.91 Å². The van der Waals surface area contributed by atoms with Crippen LogP contribution in [0.4, 0.5) is 24.5 Å². The Labute approximate surface area is 259 Å². The summed E-state index contributed by atoms with van der Waals surface area (Å²) in [5.74, 6) is 0.642. The largest absolute Gasteiger partial charge is 0.573 e. The molecule has 3 rings (SSSR count). The fourth-order valence-corrected chi connectivity index (χ4v) is 3.89. The lowest BCUT2D eigenvalue weighted by molar-refractivity contribution is -0.274. The molecule has 0 aliphatic heterocycles. The van der Waals surface area contributed by atoms with Crippen molar-refractivity contribution in [2.24, 2.45) is 32.4 Å². The molecule has 0 heterocycles. The average Bonchev–Trinajstić information content (AvgIpc) is 2.97. The number of alkyl halides is 3. The van der Waals surface area contributed by atoms with Gasteiger partial charge in [-0.25, -0.2) is 15.0 Å². The maximum absolute atomic E-state index is 12.0. The summed E-state index contributed by atoms with van der Waals surface area (Å²) in [7, 11) is 0. The van der Waals surface area contributed by atoms with E-state index in [9.17, 15) is 18.0 Å². The predicted molar refractivity (Wildman–Crippen MR) is 174 cm³/mol. The van der Waals surface area contributed by atoms with Crippen LogP contribution in [-0.4, -0.2) is 48.1 Å². The monoisotopic (exact) mass is 627 g/mol.